The Morgan fingerprint density at radius 1 is 1.06 bits per heavy atom. The van der Waals surface area contributed by atoms with Gasteiger partial charge in [-0.3, -0.25) is 9.36 Å². The minimum absolute atomic E-state index is 0.215. The Labute approximate surface area is 197 Å². The van der Waals surface area contributed by atoms with Crippen LogP contribution < -0.4 is 5.32 Å². The molecule has 0 radical (unpaired) electrons. The van der Waals surface area contributed by atoms with Crippen LogP contribution in [-0.2, 0) is 12.2 Å². The van der Waals surface area contributed by atoms with Crippen LogP contribution in [0.4, 0.5) is 0 Å². The van der Waals surface area contributed by atoms with Gasteiger partial charge in [0.1, 0.15) is 12.1 Å². The predicted molar refractivity (Wildman–Crippen MR) is 128 cm³/mol. The van der Waals surface area contributed by atoms with Crippen molar-refractivity contribution < 1.29 is 9.21 Å². The summed E-state index contributed by atoms with van der Waals surface area (Å²) in [6.45, 7) is 4.87. The van der Waals surface area contributed by atoms with Crippen molar-refractivity contribution >= 4 is 17.7 Å². The normalized spacial score (nSPS) is 11.1. The molecule has 0 atom stereocenters. The summed E-state index contributed by atoms with van der Waals surface area (Å²) in [4.78, 5) is 16.6. The summed E-state index contributed by atoms with van der Waals surface area (Å²) in [7, 11) is 0. The smallest absolute Gasteiger partial charge is 0.273 e. The number of hydrogen-bond donors (Lipinski definition) is 1. The van der Waals surface area contributed by atoms with Crippen molar-refractivity contribution in [3.05, 3.63) is 89.9 Å². The molecular weight excluding hydrogens is 434 g/mol. The Bertz CT molecular complexity index is 1170. The van der Waals surface area contributed by atoms with Crippen LogP contribution >= 0.6 is 11.8 Å². The molecule has 2 heterocycles. The van der Waals surface area contributed by atoms with Gasteiger partial charge in [-0.1, -0.05) is 74.1 Å². The highest BCUT2D eigenvalue weighted by molar-refractivity contribution is 7.98. The van der Waals surface area contributed by atoms with Gasteiger partial charge in [-0.2, -0.15) is 0 Å². The fourth-order valence-corrected chi connectivity index (χ4v) is 4.12. The lowest BCUT2D eigenvalue weighted by Crippen LogP contribution is -2.25. The first-order chi connectivity index (χ1) is 16.1. The highest BCUT2D eigenvalue weighted by Crippen LogP contribution is 2.26. The van der Waals surface area contributed by atoms with Crippen molar-refractivity contribution in [3.8, 4) is 5.69 Å². The van der Waals surface area contributed by atoms with Crippen LogP contribution in [0, 0.1) is 5.92 Å². The molecule has 0 aliphatic carbocycles. The van der Waals surface area contributed by atoms with Crippen molar-refractivity contribution in [1.82, 2.24) is 25.1 Å². The van der Waals surface area contributed by atoms with Crippen molar-refractivity contribution in [2.45, 2.75) is 37.6 Å². The number of thioether (sulfide) groups is 1. The summed E-state index contributed by atoms with van der Waals surface area (Å²) >= 11 is 1.47. The van der Waals surface area contributed by atoms with Gasteiger partial charge in [0.25, 0.3) is 5.91 Å². The molecule has 0 saturated heterocycles. The van der Waals surface area contributed by atoms with Gasteiger partial charge in [-0.05, 0) is 30.0 Å². The predicted octanol–water partition coefficient (Wildman–Crippen LogP) is 4.91. The molecule has 4 aromatic rings. The fraction of sp³-hybridized carbons (Fsp3) is 0.280. The van der Waals surface area contributed by atoms with Gasteiger partial charge in [0, 0.05) is 18.7 Å². The van der Waals surface area contributed by atoms with E-state index in [-0.39, 0.29) is 5.91 Å². The molecule has 2 aromatic heterocycles. The van der Waals surface area contributed by atoms with Crippen molar-refractivity contribution in [3.63, 3.8) is 0 Å². The number of hydrogen-bond acceptors (Lipinski definition) is 6. The molecule has 1 amide bonds. The maximum Gasteiger partial charge on any atom is 0.273 e. The molecule has 170 valence electrons. The van der Waals surface area contributed by atoms with Gasteiger partial charge in [0.15, 0.2) is 10.9 Å². The molecule has 8 heteroatoms. The zero-order valence-corrected chi connectivity index (χ0v) is 19.6. The number of benzene rings is 2. The van der Waals surface area contributed by atoms with Gasteiger partial charge in [0.05, 0.1) is 5.75 Å². The molecular formula is C25H27N5O2S. The van der Waals surface area contributed by atoms with E-state index in [9.17, 15) is 4.79 Å². The van der Waals surface area contributed by atoms with E-state index >= 15 is 0 Å². The van der Waals surface area contributed by atoms with Crippen LogP contribution in [0.2, 0.25) is 0 Å². The summed E-state index contributed by atoms with van der Waals surface area (Å²) in [5.41, 5.74) is 2.46. The minimum atomic E-state index is -0.215. The van der Waals surface area contributed by atoms with E-state index in [0.29, 0.717) is 36.2 Å². The molecule has 0 unspecified atom stereocenters. The molecule has 1 N–H and O–H groups in total. The third-order valence-corrected chi connectivity index (χ3v) is 5.95. The highest BCUT2D eigenvalue weighted by atomic mass is 32.2. The molecule has 0 fully saturated rings. The SMILES string of the molecule is CC(C)CCNC(=O)c1coc(CSc2nnc(Cc3ccccc3)n2-c2ccccc2)n1. The molecule has 0 aliphatic rings. The van der Waals surface area contributed by atoms with Gasteiger partial charge >= 0.3 is 0 Å². The first-order valence-electron chi connectivity index (χ1n) is 11.0. The van der Waals surface area contributed by atoms with Crippen LogP contribution in [-0.4, -0.2) is 32.2 Å². The van der Waals surface area contributed by atoms with Crippen LogP contribution in [0.1, 0.15) is 48.0 Å². The molecule has 4 rings (SSSR count). The molecule has 33 heavy (non-hydrogen) atoms. The molecule has 0 bridgehead atoms. The maximum absolute atomic E-state index is 12.3. The Morgan fingerprint density at radius 2 is 1.79 bits per heavy atom. The lowest BCUT2D eigenvalue weighted by molar-refractivity contribution is 0.0947. The quantitative estimate of drug-likeness (QED) is 0.338. The number of nitrogens with one attached hydrogen (secondary N) is 1. The second kappa shape index (κ2) is 11.0. The van der Waals surface area contributed by atoms with Crippen LogP contribution in [0.15, 0.2) is 76.5 Å². The highest BCUT2D eigenvalue weighted by Gasteiger charge is 2.17. The second-order valence-electron chi connectivity index (χ2n) is 8.09. The Morgan fingerprint density at radius 3 is 2.52 bits per heavy atom. The average Bonchev–Trinajstić information content (AvgIpc) is 3.46. The van der Waals surface area contributed by atoms with Crippen molar-refractivity contribution in [2.75, 3.05) is 6.54 Å². The number of carbonyl (C=O) groups excluding carboxylic acids is 1. The van der Waals surface area contributed by atoms with Gasteiger partial charge < -0.3 is 9.73 Å². The Hall–Kier alpha value is -3.39. The standard InChI is InChI=1S/C25H27N5O2S/c1-18(2)13-14-26-24(31)21-16-32-23(27-21)17-33-25-29-28-22(15-19-9-5-3-6-10-19)30(25)20-11-7-4-8-12-20/h3-12,16,18H,13-15,17H2,1-2H3,(H,26,31). The summed E-state index contributed by atoms with van der Waals surface area (Å²) < 4.78 is 7.59. The zero-order chi connectivity index (χ0) is 23.0. The molecule has 7 nitrogen and oxygen atoms in total. The second-order valence-corrected chi connectivity index (χ2v) is 9.03. The molecule has 0 spiro atoms. The van der Waals surface area contributed by atoms with Crippen LogP contribution in [0.3, 0.4) is 0 Å². The van der Waals surface area contributed by atoms with E-state index < -0.39 is 0 Å². The number of rotatable bonds is 10. The van der Waals surface area contributed by atoms with Gasteiger partial charge in [0.2, 0.25) is 5.89 Å². The summed E-state index contributed by atoms with van der Waals surface area (Å²) in [6.07, 6.45) is 3.00. The summed E-state index contributed by atoms with van der Waals surface area (Å²) in [6, 6.07) is 20.2. The Kier molecular flexibility index (Phi) is 7.57. The summed E-state index contributed by atoms with van der Waals surface area (Å²) in [5, 5.41) is 12.5. The lowest BCUT2D eigenvalue weighted by atomic mass is 10.1. The van der Waals surface area contributed by atoms with Crippen molar-refractivity contribution in [1.29, 1.82) is 0 Å². The molecule has 0 aliphatic heterocycles. The third-order valence-electron chi connectivity index (χ3n) is 5.04. The molecule has 2 aromatic carbocycles. The van der Waals surface area contributed by atoms with E-state index in [0.717, 1.165) is 23.1 Å². The number of amides is 1. The van der Waals surface area contributed by atoms with E-state index in [1.54, 1.807) is 0 Å². The zero-order valence-electron chi connectivity index (χ0n) is 18.8. The van der Waals surface area contributed by atoms with Crippen LogP contribution in [0.5, 0.6) is 0 Å². The minimum Gasteiger partial charge on any atom is -0.447 e. The van der Waals surface area contributed by atoms with E-state index in [1.165, 1.54) is 23.6 Å². The van der Waals surface area contributed by atoms with Crippen LogP contribution in [0.25, 0.3) is 5.69 Å². The number of para-hydroxylation sites is 1. The van der Waals surface area contributed by atoms with E-state index in [4.69, 9.17) is 4.42 Å². The monoisotopic (exact) mass is 461 g/mol. The number of nitrogens with zero attached hydrogens (tertiary/aromatic N) is 4. The maximum atomic E-state index is 12.3. The number of carbonyl (C=O) groups is 1. The Balaban J connectivity index is 1.47. The van der Waals surface area contributed by atoms with E-state index in [2.05, 4.69) is 51.0 Å². The topological polar surface area (TPSA) is 85.8 Å². The molecule has 0 saturated carbocycles. The largest absolute Gasteiger partial charge is 0.447 e. The number of aromatic nitrogens is 4. The third kappa shape index (κ3) is 6.10. The number of oxazole rings is 1. The van der Waals surface area contributed by atoms with Gasteiger partial charge in [-0.25, -0.2) is 4.98 Å². The fourth-order valence-electron chi connectivity index (χ4n) is 3.30. The first-order valence-corrected chi connectivity index (χ1v) is 12.0. The summed E-state index contributed by atoms with van der Waals surface area (Å²) in [5.74, 6) is 2.08. The van der Waals surface area contributed by atoms with E-state index in [1.807, 2.05) is 48.5 Å². The van der Waals surface area contributed by atoms with Gasteiger partial charge in [-0.15, -0.1) is 10.2 Å². The van der Waals surface area contributed by atoms with Crippen molar-refractivity contribution in [2.24, 2.45) is 5.92 Å². The average molecular weight is 462 g/mol. The lowest BCUT2D eigenvalue weighted by Gasteiger charge is -2.10. The first kappa shape index (κ1) is 22.8.